The van der Waals surface area contributed by atoms with Gasteiger partial charge in [-0.3, -0.25) is 4.79 Å². The molecule has 1 fully saturated rings. The van der Waals surface area contributed by atoms with Crippen molar-refractivity contribution in [2.24, 2.45) is 0 Å². The van der Waals surface area contributed by atoms with E-state index >= 15 is 0 Å². The first-order valence-electron chi connectivity index (χ1n) is 10.9. The average Bonchev–Trinajstić information content (AvgIpc) is 3.54. The largest absolute Gasteiger partial charge is 0.493 e. The molecule has 1 aromatic heterocycles. The molecule has 1 aliphatic heterocycles. The molecule has 0 radical (unpaired) electrons. The summed E-state index contributed by atoms with van der Waals surface area (Å²) < 4.78 is 16.3. The summed E-state index contributed by atoms with van der Waals surface area (Å²) in [6, 6.07) is 14.5. The summed E-state index contributed by atoms with van der Waals surface area (Å²) in [6.07, 6.45) is 2.10. The first-order valence-corrected chi connectivity index (χ1v) is 11.9. The minimum absolute atomic E-state index is 0.0893. The van der Waals surface area contributed by atoms with Gasteiger partial charge in [0.05, 0.1) is 23.5 Å². The van der Waals surface area contributed by atoms with Gasteiger partial charge in [0.15, 0.2) is 6.61 Å². The van der Waals surface area contributed by atoms with Crippen LogP contribution in [0, 0.1) is 0 Å². The lowest BCUT2D eigenvalue weighted by atomic mass is 10.2. The number of para-hydroxylation sites is 1. The van der Waals surface area contributed by atoms with Crippen LogP contribution in [0.15, 0.2) is 57.9 Å². The molecule has 2 heterocycles. The average molecular weight is 468 g/mol. The number of carbonyl (C=O) groups excluding carboxylic acids is 2. The summed E-state index contributed by atoms with van der Waals surface area (Å²) in [4.78, 5) is 32.0. The molecule has 3 aromatic rings. The summed E-state index contributed by atoms with van der Waals surface area (Å²) in [7, 11) is 0. The Balaban J connectivity index is 1.37. The number of benzene rings is 2. The number of amides is 1. The molecule has 1 saturated heterocycles. The highest BCUT2D eigenvalue weighted by Crippen LogP contribution is 2.28. The molecule has 2 aromatic carbocycles. The van der Waals surface area contributed by atoms with Crippen LogP contribution in [0.4, 0.5) is 0 Å². The first kappa shape index (κ1) is 22.8. The summed E-state index contributed by atoms with van der Waals surface area (Å²) in [5.41, 5.74) is 1.10. The van der Waals surface area contributed by atoms with Crippen molar-refractivity contribution < 1.29 is 23.6 Å². The molecule has 0 bridgehead atoms. The zero-order chi connectivity index (χ0) is 23.0. The van der Waals surface area contributed by atoms with Crippen LogP contribution in [-0.2, 0) is 16.1 Å². The maximum Gasteiger partial charge on any atom is 0.339 e. The number of ether oxygens (including phenoxy) is 2. The maximum absolute atomic E-state index is 12.7. The van der Waals surface area contributed by atoms with Gasteiger partial charge in [-0.15, -0.1) is 11.8 Å². The highest BCUT2D eigenvalue weighted by atomic mass is 32.2. The number of carbonyl (C=O) groups is 2. The molecule has 0 saturated carbocycles. The Kier molecular flexibility index (Phi) is 7.62. The van der Waals surface area contributed by atoms with E-state index in [4.69, 9.17) is 14.0 Å². The highest BCUT2D eigenvalue weighted by molar-refractivity contribution is 8.00. The number of nitrogens with zero attached hydrogens (tertiary/aromatic N) is 3. The molecular weight excluding hydrogens is 442 g/mol. The van der Waals surface area contributed by atoms with Gasteiger partial charge in [0.2, 0.25) is 11.7 Å². The zero-order valence-electron chi connectivity index (χ0n) is 18.4. The summed E-state index contributed by atoms with van der Waals surface area (Å²) in [6.45, 7) is 3.87. The maximum atomic E-state index is 12.7. The van der Waals surface area contributed by atoms with Crippen LogP contribution in [0.25, 0.3) is 11.4 Å². The number of hydrogen-bond acceptors (Lipinski definition) is 8. The minimum Gasteiger partial charge on any atom is -0.493 e. The third-order valence-corrected chi connectivity index (χ3v) is 6.20. The topological polar surface area (TPSA) is 94.8 Å². The van der Waals surface area contributed by atoms with Crippen LogP contribution in [0.2, 0.25) is 0 Å². The third kappa shape index (κ3) is 5.73. The number of likely N-dealkylation sites (tertiary alicyclic amines) is 1. The Labute approximate surface area is 196 Å². The Hall–Kier alpha value is -3.33. The van der Waals surface area contributed by atoms with Crippen LogP contribution in [0.5, 0.6) is 5.75 Å². The van der Waals surface area contributed by atoms with Gasteiger partial charge in [-0.2, -0.15) is 4.98 Å². The molecule has 0 spiro atoms. The summed E-state index contributed by atoms with van der Waals surface area (Å²) in [5.74, 6) is 1.06. The predicted molar refractivity (Wildman–Crippen MR) is 123 cm³/mol. The van der Waals surface area contributed by atoms with Crippen LogP contribution in [-0.4, -0.2) is 52.4 Å². The fourth-order valence-corrected chi connectivity index (χ4v) is 4.46. The molecule has 172 valence electrons. The van der Waals surface area contributed by atoms with Gasteiger partial charge in [-0.1, -0.05) is 29.4 Å². The second-order valence-corrected chi connectivity index (χ2v) is 8.41. The van der Waals surface area contributed by atoms with E-state index in [9.17, 15) is 9.59 Å². The van der Waals surface area contributed by atoms with Crippen molar-refractivity contribution >= 4 is 23.6 Å². The van der Waals surface area contributed by atoms with E-state index in [0.717, 1.165) is 25.9 Å². The molecule has 1 aliphatic rings. The van der Waals surface area contributed by atoms with Crippen molar-refractivity contribution in [3.8, 4) is 17.1 Å². The smallest absolute Gasteiger partial charge is 0.339 e. The Bertz CT molecular complexity index is 1110. The molecule has 9 heteroatoms. The first-order chi connectivity index (χ1) is 16.2. The number of rotatable bonds is 9. The predicted octanol–water partition coefficient (Wildman–Crippen LogP) is 4.21. The van der Waals surface area contributed by atoms with E-state index in [1.165, 1.54) is 11.8 Å². The normalized spacial score (nSPS) is 13.2. The second-order valence-electron chi connectivity index (χ2n) is 7.39. The second kappa shape index (κ2) is 11.0. The number of hydrogen-bond donors (Lipinski definition) is 0. The van der Waals surface area contributed by atoms with Crippen LogP contribution in [0.3, 0.4) is 0 Å². The molecule has 33 heavy (non-hydrogen) atoms. The molecule has 1 amide bonds. The molecule has 0 N–H and O–H groups in total. The van der Waals surface area contributed by atoms with Crippen molar-refractivity contribution in [3.05, 3.63) is 60.0 Å². The van der Waals surface area contributed by atoms with Crippen molar-refractivity contribution in [3.63, 3.8) is 0 Å². The lowest BCUT2D eigenvalue weighted by molar-refractivity contribution is -0.127. The van der Waals surface area contributed by atoms with Gasteiger partial charge in [-0.25, -0.2) is 4.79 Å². The fourth-order valence-electron chi connectivity index (χ4n) is 3.52. The van der Waals surface area contributed by atoms with Crippen molar-refractivity contribution in [2.45, 2.75) is 31.3 Å². The monoisotopic (exact) mass is 467 g/mol. The Morgan fingerprint density at radius 2 is 1.85 bits per heavy atom. The van der Waals surface area contributed by atoms with E-state index in [2.05, 4.69) is 10.1 Å². The van der Waals surface area contributed by atoms with Gasteiger partial charge in [-0.05, 0) is 44.0 Å². The molecular formula is C24H25N3O5S. The molecule has 8 nitrogen and oxygen atoms in total. The third-order valence-electron chi connectivity index (χ3n) is 5.14. The lowest BCUT2D eigenvalue weighted by Crippen LogP contribution is -2.29. The quantitative estimate of drug-likeness (QED) is 0.341. The molecule has 4 rings (SSSR count). The van der Waals surface area contributed by atoms with E-state index in [-0.39, 0.29) is 24.2 Å². The number of esters is 1. The van der Waals surface area contributed by atoms with Crippen molar-refractivity contribution in [1.82, 2.24) is 15.0 Å². The lowest BCUT2D eigenvalue weighted by Gasteiger charge is -2.15. The SMILES string of the molecule is CCOc1ccccc1-c1noc(COC(=O)c2ccccc2SCC(=O)N2CCCC2)n1. The van der Waals surface area contributed by atoms with Gasteiger partial charge < -0.3 is 18.9 Å². The Morgan fingerprint density at radius 1 is 1.09 bits per heavy atom. The van der Waals surface area contributed by atoms with Crippen molar-refractivity contribution in [1.29, 1.82) is 0 Å². The van der Waals surface area contributed by atoms with Crippen molar-refractivity contribution in [2.75, 3.05) is 25.4 Å². The highest BCUT2D eigenvalue weighted by Gasteiger charge is 2.20. The fraction of sp³-hybridized carbons (Fsp3) is 0.333. The van der Waals surface area contributed by atoms with Crippen LogP contribution in [0.1, 0.15) is 36.0 Å². The van der Waals surface area contributed by atoms with E-state index in [1.54, 1.807) is 12.1 Å². The van der Waals surface area contributed by atoms with E-state index < -0.39 is 5.97 Å². The number of thioether (sulfide) groups is 1. The minimum atomic E-state index is -0.513. The summed E-state index contributed by atoms with van der Waals surface area (Å²) in [5, 5.41) is 3.98. The summed E-state index contributed by atoms with van der Waals surface area (Å²) >= 11 is 1.34. The van der Waals surface area contributed by atoms with Crippen LogP contribution < -0.4 is 4.74 Å². The standard InChI is InChI=1S/C24H25N3O5S/c1-2-30-19-11-5-3-9-17(19)23-25-21(32-26-23)15-31-24(29)18-10-4-6-12-20(18)33-16-22(28)27-13-7-8-14-27/h3-6,9-12H,2,7-8,13-16H2,1H3. The van der Waals surface area contributed by atoms with Gasteiger partial charge in [0, 0.05) is 18.0 Å². The Morgan fingerprint density at radius 3 is 2.67 bits per heavy atom. The molecule has 0 atom stereocenters. The van der Waals surface area contributed by atoms with Gasteiger partial charge in [0.25, 0.3) is 5.89 Å². The molecule has 0 aliphatic carbocycles. The number of aromatic nitrogens is 2. The zero-order valence-corrected chi connectivity index (χ0v) is 19.2. The van der Waals surface area contributed by atoms with E-state index in [1.807, 2.05) is 48.2 Å². The van der Waals surface area contributed by atoms with Gasteiger partial charge >= 0.3 is 5.97 Å². The van der Waals surface area contributed by atoms with Gasteiger partial charge in [0.1, 0.15) is 5.75 Å². The van der Waals surface area contributed by atoms with E-state index in [0.29, 0.717) is 34.2 Å². The van der Waals surface area contributed by atoms with Crippen LogP contribution >= 0.6 is 11.8 Å². The molecule has 0 unspecified atom stereocenters.